The van der Waals surface area contributed by atoms with E-state index in [0.717, 1.165) is 5.08 Å². The highest BCUT2D eigenvalue weighted by molar-refractivity contribution is 8.08. The van der Waals surface area contributed by atoms with Crippen molar-refractivity contribution in [1.29, 1.82) is 0 Å². The lowest BCUT2D eigenvalue weighted by Gasteiger charge is -2.15. The lowest BCUT2D eigenvalue weighted by molar-refractivity contribution is 0.497. The number of rotatable bonds is 3. The van der Waals surface area contributed by atoms with Gasteiger partial charge in [-0.2, -0.15) is 0 Å². The lowest BCUT2D eigenvalue weighted by Crippen LogP contribution is -2.24. The van der Waals surface area contributed by atoms with Crippen molar-refractivity contribution in [2.24, 2.45) is 0 Å². The van der Waals surface area contributed by atoms with Gasteiger partial charge in [0.05, 0.1) is 0 Å². The summed E-state index contributed by atoms with van der Waals surface area (Å²) < 4.78 is 12.1. The first kappa shape index (κ1) is 11.0. The minimum absolute atomic E-state index is 0.557. The van der Waals surface area contributed by atoms with Crippen molar-refractivity contribution in [3.63, 3.8) is 0 Å². The maximum Gasteiger partial charge on any atom is 0.259 e. The number of hydrogen-bond acceptors (Lipinski definition) is 1. The largest absolute Gasteiger partial charge is 0.259 e. The van der Waals surface area contributed by atoms with Crippen LogP contribution < -0.4 is 0 Å². The molecule has 0 bridgehead atoms. The average molecular weight is 234 g/mol. The molecule has 0 spiro atoms. The third kappa shape index (κ3) is 2.99. The standard InChI is InChI=1S/C11H21OS2/c12-14(10-13-8-4-5-9-13)11-6-2-1-3-7-11/h11H,1-10H2/q+1/p+1. The summed E-state index contributed by atoms with van der Waals surface area (Å²) in [6, 6.07) is 0. The summed E-state index contributed by atoms with van der Waals surface area (Å²) in [6.07, 6.45) is 9.36. The van der Waals surface area contributed by atoms with Gasteiger partial charge in [-0.05, 0) is 38.5 Å². The molecule has 1 atom stereocenters. The molecule has 1 aliphatic heterocycles. The van der Waals surface area contributed by atoms with E-state index >= 15 is 0 Å². The molecular formula is C11H22OS2+2. The fraction of sp³-hybridized carbons (Fsp3) is 1.00. The lowest BCUT2D eigenvalue weighted by atomic mass is 10.0. The third-order valence-corrected chi connectivity index (χ3v) is 8.95. The molecule has 2 rings (SSSR count). The fourth-order valence-corrected chi connectivity index (χ4v) is 8.18. The third-order valence-electron chi connectivity index (χ3n) is 3.41. The van der Waals surface area contributed by atoms with E-state index in [9.17, 15) is 4.21 Å². The van der Waals surface area contributed by atoms with Gasteiger partial charge in [-0.25, -0.2) is 0 Å². The minimum atomic E-state index is -0.847. The Kier molecular flexibility index (Phi) is 4.36. The summed E-state index contributed by atoms with van der Waals surface area (Å²) in [4.78, 5) is 0. The minimum Gasteiger partial charge on any atom is -0.103 e. The normalized spacial score (nSPS) is 28.0. The topological polar surface area (TPSA) is 17.1 Å². The van der Waals surface area contributed by atoms with E-state index in [1.54, 1.807) is 0 Å². The molecule has 2 aliphatic rings. The van der Waals surface area contributed by atoms with Crippen LogP contribution in [0, 0.1) is 0 Å². The van der Waals surface area contributed by atoms with Gasteiger partial charge in [0.15, 0.2) is 0 Å². The Bertz CT molecular complexity index is 193. The monoisotopic (exact) mass is 234 g/mol. The highest BCUT2D eigenvalue weighted by atomic mass is 32.3. The predicted molar refractivity (Wildman–Crippen MR) is 67.5 cm³/mol. The molecule has 3 heteroatoms. The number of hydrogen-bond donors (Lipinski definition) is 0. The van der Waals surface area contributed by atoms with Crippen LogP contribution in [-0.4, -0.2) is 21.8 Å². The second-order valence-electron chi connectivity index (χ2n) is 4.57. The van der Waals surface area contributed by atoms with Crippen molar-refractivity contribution < 1.29 is 4.21 Å². The van der Waals surface area contributed by atoms with E-state index in [1.807, 2.05) is 0 Å². The molecule has 1 aliphatic carbocycles. The molecular weight excluding hydrogens is 212 g/mol. The van der Waals surface area contributed by atoms with Gasteiger partial charge in [-0.1, -0.05) is 6.42 Å². The summed E-state index contributed by atoms with van der Waals surface area (Å²) in [7, 11) is -0.290. The van der Waals surface area contributed by atoms with Crippen molar-refractivity contribution in [2.75, 3.05) is 16.6 Å². The first-order valence-corrected chi connectivity index (χ1v) is 9.19. The van der Waals surface area contributed by atoms with Gasteiger partial charge in [0.2, 0.25) is 0 Å². The second kappa shape index (κ2) is 5.55. The highest BCUT2D eigenvalue weighted by Gasteiger charge is 2.34. The average Bonchev–Trinajstić information content (AvgIpc) is 2.72. The SMILES string of the molecule is O=[SH+](C[S+]1CCCC1)C1CCCCC1. The van der Waals surface area contributed by atoms with Crippen LogP contribution in [0.3, 0.4) is 0 Å². The molecule has 14 heavy (non-hydrogen) atoms. The quantitative estimate of drug-likeness (QED) is 0.541. The van der Waals surface area contributed by atoms with Crippen LogP contribution in [0.15, 0.2) is 0 Å². The van der Waals surface area contributed by atoms with Crippen LogP contribution in [0.1, 0.15) is 44.9 Å². The van der Waals surface area contributed by atoms with E-state index in [1.165, 1.54) is 56.5 Å². The zero-order chi connectivity index (χ0) is 9.80. The first-order chi connectivity index (χ1) is 6.86. The van der Waals surface area contributed by atoms with Gasteiger partial charge in [-0.3, -0.25) is 0 Å². The van der Waals surface area contributed by atoms with Crippen LogP contribution in [0.4, 0.5) is 0 Å². The van der Waals surface area contributed by atoms with Crippen LogP contribution >= 0.6 is 0 Å². The van der Waals surface area contributed by atoms with Crippen LogP contribution in [0.2, 0.25) is 0 Å². The molecule has 1 saturated heterocycles. The van der Waals surface area contributed by atoms with Gasteiger partial charge in [0.25, 0.3) is 5.08 Å². The fourth-order valence-electron chi connectivity index (χ4n) is 2.50. The Hall–Kier alpha value is 0.500. The van der Waals surface area contributed by atoms with Crippen molar-refractivity contribution in [3.05, 3.63) is 0 Å². The van der Waals surface area contributed by atoms with Crippen LogP contribution in [-0.2, 0) is 25.9 Å². The molecule has 82 valence electrons. The molecule has 1 heterocycles. The Morgan fingerprint density at radius 3 is 2.29 bits per heavy atom. The van der Waals surface area contributed by atoms with Crippen LogP contribution in [0.25, 0.3) is 0 Å². The predicted octanol–water partition coefficient (Wildman–Crippen LogP) is 2.38. The second-order valence-corrected chi connectivity index (χ2v) is 9.20. The molecule has 0 radical (unpaired) electrons. The molecule has 0 N–H and O–H groups in total. The Labute approximate surface area is 92.8 Å². The van der Waals surface area contributed by atoms with Crippen molar-refractivity contribution in [1.82, 2.24) is 0 Å². The summed E-state index contributed by atoms with van der Waals surface area (Å²) in [5.41, 5.74) is 0. The molecule has 0 aromatic carbocycles. The van der Waals surface area contributed by atoms with Gasteiger partial charge < -0.3 is 0 Å². The van der Waals surface area contributed by atoms with E-state index in [4.69, 9.17) is 0 Å². The molecule has 1 unspecified atom stereocenters. The van der Waals surface area contributed by atoms with Crippen molar-refractivity contribution in [2.45, 2.75) is 50.2 Å². The van der Waals surface area contributed by atoms with E-state index in [-0.39, 0.29) is 0 Å². The smallest absolute Gasteiger partial charge is 0.103 e. The summed E-state index contributed by atoms with van der Waals surface area (Å²) in [6.45, 7) is 0. The molecule has 0 aromatic rings. The highest BCUT2D eigenvalue weighted by Crippen LogP contribution is 2.24. The zero-order valence-corrected chi connectivity index (χ0v) is 10.6. The van der Waals surface area contributed by atoms with Gasteiger partial charge in [0, 0.05) is 10.9 Å². The Morgan fingerprint density at radius 2 is 1.64 bits per heavy atom. The molecule has 1 saturated carbocycles. The van der Waals surface area contributed by atoms with E-state index < -0.39 is 10.8 Å². The number of thiol groups is 1. The van der Waals surface area contributed by atoms with Gasteiger partial charge >= 0.3 is 0 Å². The van der Waals surface area contributed by atoms with E-state index in [2.05, 4.69) is 0 Å². The molecule has 0 amide bonds. The van der Waals surface area contributed by atoms with E-state index in [0.29, 0.717) is 16.1 Å². The Morgan fingerprint density at radius 1 is 1.00 bits per heavy atom. The zero-order valence-electron chi connectivity index (χ0n) is 8.91. The summed E-state index contributed by atoms with van der Waals surface area (Å²) >= 11 is 0. The van der Waals surface area contributed by atoms with Crippen molar-refractivity contribution >= 4 is 21.7 Å². The summed E-state index contributed by atoms with van der Waals surface area (Å²) in [5, 5.41) is 1.69. The van der Waals surface area contributed by atoms with Gasteiger partial charge in [0.1, 0.15) is 27.6 Å². The molecule has 1 nitrogen and oxygen atoms in total. The molecule has 0 aromatic heterocycles. The molecule has 2 fully saturated rings. The maximum absolute atomic E-state index is 12.1. The van der Waals surface area contributed by atoms with Gasteiger partial charge in [-0.15, -0.1) is 4.21 Å². The van der Waals surface area contributed by atoms with Crippen molar-refractivity contribution in [3.8, 4) is 0 Å². The first-order valence-electron chi connectivity index (χ1n) is 5.94. The Balaban J connectivity index is 1.75. The maximum atomic E-state index is 12.1. The summed E-state index contributed by atoms with van der Waals surface area (Å²) in [5.74, 6) is 2.77. The van der Waals surface area contributed by atoms with Crippen LogP contribution in [0.5, 0.6) is 0 Å².